The molecule has 2 aromatic rings. The van der Waals surface area contributed by atoms with Gasteiger partial charge in [-0.25, -0.2) is 0 Å². The Morgan fingerprint density at radius 2 is 1.58 bits per heavy atom. The van der Waals surface area contributed by atoms with Gasteiger partial charge in [0.2, 0.25) is 5.91 Å². The summed E-state index contributed by atoms with van der Waals surface area (Å²) >= 11 is 0. The van der Waals surface area contributed by atoms with Gasteiger partial charge in [-0.2, -0.15) is 0 Å². The standard InChI is InChI=1S/C20H21NO3/c1-14(15-8-4-2-5-9-15)19(22)21-12-17(18(13-21)20(23)24)16-10-6-3-7-11-16/h2-11,14,17-18H,12-13H2,1H3,(H,23,24)/t14?,17-,18-/m0/s1. The van der Waals surface area contributed by atoms with Crippen LogP contribution in [0, 0.1) is 5.92 Å². The Morgan fingerprint density at radius 1 is 1.00 bits per heavy atom. The lowest BCUT2D eigenvalue weighted by molar-refractivity contribution is -0.141. The molecule has 1 aliphatic heterocycles. The molecule has 0 aliphatic carbocycles. The second-order valence-electron chi connectivity index (χ2n) is 6.34. The zero-order chi connectivity index (χ0) is 17.1. The third kappa shape index (κ3) is 3.18. The molecule has 1 saturated heterocycles. The van der Waals surface area contributed by atoms with Gasteiger partial charge in [-0.15, -0.1) is 0 Å². The Labute approximate surface area is 141 Å². The number of amides is 1. The van der Waals surface area contributed by atoms with Crippen molar-refractivity contribution < 1.29 is 14.7 Å². The van der Waals surface area contributed by atoms with Crippen molar-refractivity contribution in [3.63, 3.8) is 0 Å². The molecule has 4 nitrogen and oxygen atoms in total. The van der Waals surface area contributed by atoms with E-state index in [9.17, 15) is 14.7 Å². The molecule has 3 rings (SSSR count). The third-order valence-electron chi connectivity index (χ3n) is 4.85. The van der Waals surface area contributed by atoms with Gasteiger partial charge in [0.25, 0.3) is 0 Å². The van der Waals surface area contributed by atoms with E-state index in [4.69, 9.17) is 0 Å². The predicted octanol–water partition coefficient (Wildman–Crippen LogP) is 3.12. The van der Waals surface area contributed by atoms with Crippen LogP contribution in [0.5, 0.6) is 0 Å². The summed E-state index contributed by atoms with van der Waals surface area (Å²) in [5.41, 5.74) is 1.94. The molecular weight excluding hydrogens is 302 g/mol. The molecule has 1 amide bonds. The molecule has 1 aliphatic rings. The monoisotopic (exact) mass is 323 g/mol. The molecule has 0 saturated carbocycles. The maximum atomic E-state index is 12.8. The first-order chi connectivity index (χ1) is 11.6. The summed E-state index contributed by atoms with van der Waals surface area (Å²) in [5.74, 6) is -1.83. The molecular formula is C20H21NO3. The van der Waals surface area contributed by atoms with E-state index >= 15 is 0 Å². The molecule has 24 heavy (non-hydrogen) atoms. The maximum Gasteiger partial charge on any atom is 0.308 e. The van der Waals surface area contributed by atoms with E-state index in [1.54, 1.807) is 4.90 Å². The number of carboxylic acid groups (broad SMARTS) is 1. The molecule has 3 atom stereocenters. The van der Waals surface area contributed by atoms with Crippen molar-refractivity contribution in [2.75, 3.05) is 13.1 Å². The van der Waals surface area contributed by atoms with Gasteiger partial charge in [0.1, 0.15) is 0 Å². The topological polar surface area (TPSA) is 57.6 Å². The van der Waals surface area contributed by atoms with Crippen LogP contribution in [0.1, 0.15) is 29.9 Å². The lowest BCUT2D eigenvalue weighted by Crippen LogP contribution is -2.33. The van der Waals surface area contributed by atoms with Crippen molar-refractivity contribution >= 4 is 11.9 Å². The number of aliphatic carboxylic acids is 1. The highest BCUT2D eigenvalue weighted by atomic mass is 16.4. The number of carboxylic acids is 1. The molecule has 4 heteroatoms. The second-order valence-corrected chi connectivity index (χ2v) is 6.34. The summed E-state index contributed by atoms with van der Waals surface area (Å²) in [6.07, 6.45) is 0. The molecule has 0 spiro atoms. The largest absolute Gasteiger partial charge is 0.481 e. The Balaban J connectivity index is 1.80. The van der Waals surface area contributed by atoms with Gasteiger partial charge in [-0.05, 0) is 18.1 Å². The van der Waals surface area contributed by atoms with E-state index in [1.807, 2.05) is 67.6 Å². The van der Waals surface area contributed by atoms with Gasteiger partial charge in [-0.3, -0.25) is 9.59 Å². The first-order valence-electron chi connectivity index (χ1n) is 8.19. The number of likely N-dealkylation sites (tertiary alicyclic amines) is 1. The predicted molar refractivity (Wildman–Crippen MR) is 91.7 cm³/mol. The summed E-state index contributed by atoms with van der Waals surface area (Å²) in [7, 11) is 0. The van der Waals surface area contributed by atoms with Gasteiger partial charge in [0.05, 0.1) is 11.8 Å². The molecule has 0 aromatic heterocycles. The van der Waals surface area contributed by atoms with E-state index in [2.05, 4.69) is 0 Å². The molecule has 0 bridgehead atoms. The Kier molecular flexibility index (Phi) is 4.65. The summed E-state index contributed by atoms with van der Waals surface area (Å²) in [5, 5.41) is 9.56. The van der Waals surface area contributed by atoms with Gasteiger partial charge in [0, 0.05) is 19.0 Å². The number of benzene rings is 2. The fourth-order valence-corrected chi connectivity index (χ4v) is 3.43. The normalized spacial score (nSPS) is 21.5. The maximum absolute atomic E-state index is 12.8. The van der Waals surface area contributed by atoms with Crippen molar-refractivity contribution in [3.8, 4) is 0 Å². The third-order valence-corrected chi connectivity index (χ3v) is 4.85. The highest BCUT2D eigenvalue weighted by molar-refractivity contribution is 5.85. The van der Waals surface area contributed by atoms with E-state index in [-0.39, 0.29) is 24.3 Å². The minimum Gasteiger partial charge on any atom is -0.481 e. The highest BCUT2D eigenvalue weighted by Gasteiger charge is 2.41. The highest BCUT2D eigenvalue weighted by Crippen LogP contribution is 2.34. The van der Waals surface area contributed by atoms with E-state index in [0.29, 0.717) is 6.54 Å². The minimum absolute atomic E-state index is 0.00844. The molecule has 1 heterocycles. The number of rotatable bonds is 4. The van der Waals surface area contributed by atoms with Crippen LogP contribution in [0.25, 0.3) is 0 Å². The number of carbonyl (C=O) groups is 2. The first kappa shape index (κ1) is 16.2. The Morgan fingerprint density at radius 3 is 2.17 bits per heavy atom. The molecule has 1 fully saturated rings. The van der Waals surface area contributed by atoms with E-state index < -0.39 is 11.9 Å². The molecule has 124 valence electrons. The van der Waals surface area contributed by atoms with Crippen LogP contribution in [0.15, 0.2) is 60.7 Å². The van der Waals surface area contributed by atoms with Crippen molar-refractivity contribution in [3.05, 3.63) is 71.8 Å². The average Bonchev–Trinajstić information content (AvgIpc) is 3.07. The minimum atomic E-state index is -0.841. The quantitative estimate of drug-likeness (QED) is 0.940. The first-order valence-corrected chi connectivity index (χ1v) is 8.19. The smallest absolute Gasteiger partial charge is 0.308 e. The number of nitrogens with zero attached hydrogens (tertiary/aromatic N) is 1. The summed E-state index contributed by atoms with van der Waals surface area (Å²) in [6, 6.07) is 19.2. The summed E-state index contributed by atoms with van der Waals surface area (Å²) in [6.45, 7) is 2.60. The van der Waals surface area contributed by atoms with Crippen LogP contribution in [0.3, 0.4) is 0 Å². The van der Waals surface area contributed by atoms with Gasteiger partial charge in [0.15, 0.2) is 0 Å². The van der Waals surface area contributed by atoms with Gasteiger partial charge < -0.3 is 10.0 Å². The lowest BCUT2D eigenvalue weighted by atomic mass is 9.89. The van der Waals surface area contributed by atoms with Crippen molar-refractivity contribution in [1.29, 1.82) is 0 Å². The zero-order valence-electron chi connectivity index (χ0n) is 13.6. The molecule has 2 aromatic carbocycles. The van der Waals surface area contributed by atoms with Gasteiger partial charge >= 0.3 is 5.97 Å². The number of hydrogen-bond acceptors (Lipinski definition) is 2. The summed E-state index contributed by atoms with van der Waals surface area (Å²) in [4.78, 5) is 26.2. The summed E-state index contributed by atoms with van der Waals surface area (Å²) < 4.78 is 0. The number of hydrogen-bond donors (Lipinski definition) is 1. The molecule has 0 radical (unpaired) electrons. The van der Waals surface area contributed by atoms with Crippen molar-refractivity contribution in [1.82, 2.24) is 4.90 Å². The fraction of sp³-hybridized carbons (Fsp3) is 0.300. The fourth-order valence-electron chi connectivity index (χ4n) is 3.43. The van der Waals surface area contributed by atoms with Crippen LogP contribution in [0.2, 0.25) is 0 Å². The SMILES string of the molecule is CC(C(=O)N1C[C@H](C(=O)O)[C@H](c2ccccc2)C1)c1ccccc1. The van der Waals surface area contributed by atoms with E-state index in [0.717, 1.165) is 11.1 Å². The Bertz CT molecular complexity index is 714. The number of carbonyl (C=O) groups excluding carboxylic acids is 1. The zero-order valence-corrected chi connectivity index (χ0v) is 13.6. The van der Waals surface area contributed by atoms with Crippen molar-refractivity contribution in [2.24, 2.45) is 5.92 Å². The molecule has 1 unspecified atom stereocenters. The van der Waals surface area contributed by atoms with Gasteiger partial charge in [-0.1, -0.05) is 60.7 Å². The second kappa shape index (κ2) is 6.87. The van der Waals surface area contributed by atoms with Crippen LogP contribution < -0.4 is 0 Å². The van der Waals surface area contributed by atoms with E-state index in [1.165, 1.54) is 0 Å². The Hall–Kier alpha value is -2.62. The van der Waals surface area contributed by atoms with Crippen LogP contribution in [0.4, 0.5) is 0 Å². The average molecular weight is 323 g/mol. The van der Waals surface area contributed by atoms with Crippen LogP contribution in [-0.2, 0) is 9.59 Å². The van der Waals surface area contributed by atoms with Crippen molar-refractivity contribution in [2.45, 2.75) is 18.8 Å². The van der Waals surface area contributed by atoms with Crippen LogP contribution in [-0.4, -0.2) is 35.0 Å². The molecule has 1 N–H and O–H groups in total. The lowest BCUT2D eigenvalue weighted by Gasteiger charge is -2.21. The van der Waals surface area contributed by atoms with Crippen LogP contribution >= 0.6 is 0 Å².